The molecule has 0 radical (unpaired) electrons. The highest BCUT2D eigenvalue weighted by Gasteiger charge is 2.16. The number of hydrogen-bond acceptors (Lipinski definition) is 6. The topological polar surface area (TPSA) is 92.8 Å². The highest BCUT2D eigenvalue weighted by atomic mass is 35.5. The highest BCUT2D eigenvalue weighted by Crippen LogP contribution is 2.24. The molecule has 1 amide bonds. The zero-order chi connectivity index (χ0) is 19.5. The highest BCUT2D eigenvalue weighted by molar-refractivity contribution is 7.15. The lowest BCUT2D eigenvalue weighted by atomic mass is 10.1. The molecule has 9 heteroatoms. The van der Waals surface area contributed by atoms with Gasteiger partial charge in [-0.15, -0.1) is 10.2 Å². The molecular formula is C19H16ClN5O2S. The van der Waals surface area contributed by atoms with Crippen LogP contribution in [0.2, 0.25) is 5.02 Å². The summed E-state index contributed by atoms with van der Waals surface area (Å²) in [6.07, 6.45) is 0.559. The number of fused-ring (bicyclic) bond motifs is 1. The Kier molecular flexibility index (Phi) is 5.23. The predicted octanol–water partition coefficient (Wildman–Crippen LogP) is 4.25. The van der Waals surface area contributed by atoms with Gasteiger partial charge in [0.1, 0.15) is 10.8 Å². The van der Waals surface area contributed by atoms with E-state index in [4.69, 9.17) is 16.3 Å². The third-order valence-electron chi connectivity index (χ3n) is 4.03. The van der Waals surface area contributed by atoms with Crippen LogP contribution in [0.25, 0.3) is 10.9 Å². The summed E-state index contributed by atoms with van der Waals surface area (Å²) in [6.45, 7) is 2.38. The Morgan fingerprint density at radius 3 is 2.96 bits per heavy atom. The van der Waals surface area contributed by atoms with Crippen molar-refractivity contribution in [2.24, 2.45) is 0 Å². The van der Waals surface area contributed by atoms with Gasteiger partial charge in [0.15, 0.2) is 5.69 Å². The molecule has 2 aromatic carbocycles. The fraction of sp³-hybridized carbons (Fsp3) is 0.158. The number of nitrogens with one attached hydrogen (secondary N) is 2. The average molecular weight is 414 g/mol. The second-order valence-electron chi connectivity index (χ2n) is 6.11. The van der Waals surface area contributed by atoms with E-state index in [0.717, 1.165) is 21.5 Å². The number of aryl methyl sites for hydroxylation is 1. The lowest BCUT2D eigenvalue weighted by molar-refractivity contribution is 0.102. The van der Waals surface area contributed by atoms with Gasteiger partial charge in [0, 0.05) is 11.8 Å². The number of aromatic amines is 1. The molecule has 0 unspecified atom stereocenters. The Labute approximate surface area is 169 Å². The number of aromatic nitrogens is 4. The monoisotopic (exact) mass is 413 g/mol. The number of ether oxygens (including phenoxy) is 1. The van der Waals surface area contributed by atoms with Crippen LogP contribution >= 0.6 is 22.9 Å². The molecule has 2 N–H and O–H groups in total. The number of benzene rings is 2. The van der Waals surface area contributed by atoms with E-state index in [0.29, 0.717) is 34.6 Å². The van der Waals surface area contributed by atoms with E-state index in [1.807, 2.05) is 43.3 Å². The molecule has 2 heterocycles. The van der Waals surface area contributed by atoms with E-state index in [1.54, 1.807) is 6.07 Å². The van der Waals surface area contributed by atoms with Crippen molar-refractivity contribution in [1.29, 1.82) is 0 Å². The van der Waals surface area contributed by atoms with Crippen molar-refractivity contribution < 1.29 is 9.53 Å². The number of amides is 1. The first-order valence-electron chi connectivity index (χ1n) is 8.56. The Balaban J connectivity index is 1.38. The molecule has 2 aromatic heterocycles. The fourth-order valence-corrected chi connectivity index (χ4v) is 3.58. The molecule has 0 saturated heterocycles. The van der Waals surface area contributed by atoms with Gasteiger partial charge in [0.05, 0.1) is 17.1 Å². The molecule has 0 bridgehead atoms. The minimum absolute atomic E-state index is 0.327. The summed E-state index contributed by atoms with van der Waals surface area (Å²) < 4.78 is 5.65. The summed E-state index contributed by atoms with van der Waals surface area (Å²) >= 11 is 7.36. The number of para-hydroxylation sites is 1. The van der Waals surface area contributed by atoms with Gasteiger partial charge in [-0.3, -0.25) is 15.2 Å². The molecule has 0 fully saturated rings. The first kappa shape index (κ1) is 18.4. The fourth-order valence-electron chi connectivity index (χ4n) is 2.67. The maximum absolute atomic E-state index is 12.6. The Hall–Kier alpha value is -2.97. The lowest BCUT2D eigenvalue weighted by Crippen LogP contribution is -2.12. The first-order chi connectivity index (χ1) is 13.6. The smallest absolute Gasteiger partial charge is 0.278 e. The van der Waals surface area contributed by atoms with Crippen LogP contribution in [0, 0.1) is 6.92 Å². The molecule has 0 aliphatic rings. The Morgan fingerprint density at radius 2 is 2.11 bits per heavy atom. The van der Waals surface area contributed by atoms with Crippen molar-refractivity contribution >= 4 is 44.9 Å². The number of nitrogens with zero attached hydrogens (tertiary/aromatic N) is 3. The van der Waals surface area contributed by atoms with Gasteiger partial charge < -0.3 is 4.74 Å². The van der Waals surface area contributed by atoms with Crippen molar-refractivity contribution in [3.05, 3.63) is 63.8 Å². The number of carbonyl (C=O) groups excluding carboxylic acids is 1. The molecule has 0 spiro atoms. The van der Waals surface area contributed by atoms with Gasteiger partial charge in [-0.05, 0) is 31.2 Å². The predicted molar refractivity (Wildman–Crippen MR) is 109 cm³/mol. The second kappa shape index (κ2) is 7.95. The van der Waals surface area contributed by atoms with Crippen molar-refractivity contribution in [3.63, 3.8) is 0 Å². The standard InChI is InChI=1S/C19H16ClN5O2S/c1-11-6-7-14-12(10-11)17(24-22-14)18(26)21-19-25-23-16(28-19)8-9-27-15-5-3-2-4-13(15)20/h2-7,10H,8-9H2,1H3,(H,22,24)(H,21,25,26). The average Bonchev–Trinajstić information content (AvgIpc) is 3.29. The summed E-state index contributed by atoms with van der Waals surface area (Å²) in [5.41, 5.74) is 2.20. The van der Waals surface area contributed by atoms with Crippen molar-refractivity contribution in [2.45, 2.75) is 13.3 Å². The van der Waals surface area contributed by atoms with Gasteiger partial charge >= 0.3 is 0 Å². The van der Waals surface area contributed by atoms with Gasteiger partial charge in [0.25, 0.3) is 5.91 Å². The van der Waals surface area contributed by atoms with Crippen LogP contribution in [0.3, 0.4) is 0 Å². The zero-order valence-corrected chi connectivity index (χ0v) is 16.5. The summed E-state index contributed by atoms with van der Waals surface area (Å²) in [5, 5.41) is 20.4. The largest absolute Gasteiger partial charge is 0.492 e. The molecule has 28 heavy (non-hydrogen) atoms. The first-order valence-corrected chi connectivity index (χ1v) is 9.75. The molecule has 0 aliphatic heterocycles. The van der Waals surface area contributed by atoms with Crippen LogP contribution in [0.4, 0.5) is 5.13 Å². The summed E-state index contributed by atoms with van der Waals surface area (Å²) in [6, 6.07) is 13.1. The molecule has 142 valence electrons. The maximum atomic E-state index is 12.6. The van der Waals surface area contributed by atoms with E-state index in [2.05, 4.69) is 25.7 Å². The molecule has 0 saturated carbocycles. The molecule has 0 aliphatic carbocycles. The number of hydrogen-bond donors (Lipinski definition) is 2. The quantitative estimate of drug-likeness (QED) is 0.493. The number of carbonyl (C=O) groups is 1. The normalized spacial score (nSPS) is 10.9. The second-order valence-corrected chi connectivity index (χ2v) is 7.57. The van der Waals surface area contributed by atoms with Crippen LogP contribution in [-0.4, -0.2) is 32.9 Å². The summed E-state index contributed by atoms with van der Waals surface area (Å²) in [4.78, 5) is 12.6. The molecular weight excluding hydrogens is 398 g/mol. The van der Waals surface area contributed by atoms with Gasteiger partial charge in [-0.1, -0.05) is 46.7 Å². The summed E-state index contributed by atoms with van der Waals surface area (Å²) in [7, 11) is 0. The minimum Gasteiger partial charge on any atom is -0.492 e. The van der Waals surface area contributed by atoms with Crippen LogP contribution in [0.1, 0.15) is 21.1 Å². The maximum Gasteiger partial charge on any atom is 0.278 e. The van der Waals surface area contributed by atoms with E-state index in [1.165, 1.54) is 11.3 Å². The molecule has 4 rings (SSSR count). The van der Waals surface area contributed by atoms with Crippen LogP contribution in [0.15, 0.2) is 42.5 Å². The number of rotatable bonds is 6. The van der Waals surface area contributed by atoms with Crippen molar-refractivity contribution in [2.75, 3.05) is 11.9 Å². The minimum atomic E-state index is -0.327. The SMILES string of the molecule is Cc1ccc2[nH]nc(C(=O)Nc3nnc(CCOc4ccccc4Cl)s3)c2c1. The van der Waals surface area contributed by atoms with Crippen LogP contribution < -0.4 is 10.1 Å². The lowest BCUT2D eigenvalue weighted by Gasteiger charge is -2.05. The van der Waals surface area contributed by atoms with E-state index in [9.17, 15) is 4.79 Å². The van der Waals surface area contributed by atoms with Gasteiger partial charge in [-0.25, -0.2) is 0 Å². The van der Waals surface area contributed by atoms with Gasteiger partial charge in [-0.2, -0.15) is 5.10 Å². The molecule has 0 atom stereocenters. The molecule has 4 aromatic rings. The Morgan fingerprint density at radius 1 is 1.25 bits per heavy atom. The molecule has 7 nitrogen and oxygen atoms in total. The summed E-state index contributed by atoms with van der Waals surface area (Å²) in [5.74, 6) is 0.301. The van der Waals surface area contributed by atoms with Crippen molar-refractivity contribution in [3.8, 4) is 5.75 Å². The zero-order valence-electron chi connectivity index (χ0n) is 14.9. The van der Waals surface area contributed by atoms with Gasteiger partial charge in [0.2, 0.25) is 5.13 Å². The number of H-pyrrole nitrogens is 1. The number of anilines is 1. The Bertz CT molecular complexity index is 1140. The van der Waals surface area contributed by atoms with Crippen LogP contribution in [0.5, 0.6) is 5.75 Å². The third kappa shape index (κ3) is 3.97. The third-order valence-corrected chi connectivity index (χ3v) is 5.24. The van der Waals surface area contributed by atoms with Crippen molar-refractivity contribution in [1.82, 2.24) is 20.4 Å². The number of halogens is 1. The van der Waals surface area contributed by atoms with E-state index >= 15 is 0 Å². The van der Waals surface area contributed by atoms with Crippen LogP contribution in [-0.2, 0) is 6.42 Å². The van der Waals surface area contributed by atoms with E-state index < -0.39 is 0 Å². The van der Waals surface area contributed by atoms with E-state index in [-0.39, 0.29) is 5.91 Å².